The quantitative estimate of drug-likeness (QED) is 0.345. The van der Waals surface area contributed by atoms with Gasteiger partial charge in [-0.2, -0.15) is 0 Å². The standard InChI is InChI=1S/C26H40O2/c1-21(2)10-7-11-22(3)12-8-16-24-14-5-6-15-25(20-24)17-9-13-23(4)18-19-26(27)28/h10,12-15H,5-9,11,16-20H2,1-4H3,(H,27,28)/b22-12+,23-13?. The second kappa shape index (κ2) is 14.2. The number of allylic oxidation sites excluding steroid dienone is 10. The molecular formula is C26H40O2. The summed E-state index contributed by atoms with van der Waals surface area (Å²) in [5, 5.41) is 8.77. The Bertz CT molecular complexity index is 637. The third-order valence-electron chi connectivity index (χ3n) is 5.23. The second-order valence-corrected chi connectivity index (χ2v) is 8.37. The number of carbonyl (C=O) groups is 1. The number of aliphatic carboxylic acids is 1. The minimum atomic E-state index is -0.713. The molecule has 0 aromatic carbocycles. The van der Waals surface area contributed by atoms with Crippen LogP contribution in [0.15, 0.2) is 58.2 Å². The van der Waals surface area contributed by atoms with E-state index in [0.29, 0.717) is 6.42 Å². The van der Waals surface area contributed by atoms with Crippen molar-refractivity contribution in [3.05, 3.63) is 58.2 Å². The summed E-state index contributed by atoms with van der Waals surface area (Å²) < 4.78 is 0. The zero-order chi connectivity index (χ0) is 20.8. The Morgan fingerprint density at radius 3 is 1.86 bits per heavy atom. The monoisotopic (exact) mass is 384 g/mol. The van der Waals surface area contributed by atoms with E-state index in [2.05, 4.69) is 51.2 Å². The number of hydrogen-bond acceptors (Lipinski definition) is 1. The molecule has 0 saturated heterocycles. The topological polar surface area (TPSA) is 37.3 Å². The minimum absolute atomic E-state index is 0.235. The summed E-state index contributed by atoms with van der Waals surface area (Å²) in [5.41, 5.74) is 7.24. The van der Waals surface area contributed by atoms with Crippen molar-refractivity contribution < 1.29 is 9.90 Å². The maximum absolute atomic E-state index is 10.7. The van der Waals surface area contributed by atoms with Crippen LogP contribution >= 0.6 is 0 Å². The van der Waals surface area contributed by atoms with Gasteiger partial charge < -0.3 is 5.11 Å². The second-order valence-electron chi connectivity index (χ2n) is 8.37. The molecule has 0 spiro atoms. The van der Waals surface area contributed by atoms with Gasteiger partial charge >= 0.3 is 5.97 Å². The SMILES string of the molecule is CC(C)=CCC/C(C)=C/CCC1=CCCC=C(CCC=C(C)CCC(=O)O)C1. The first-order valence-electron chi connectivity index (χ1n) is 10.9. The van der Waals surface area contributed by atoms with Crippen LogP contribution in [0.4, 0.5) is 0 Å². The molecule has 0 amide bonds. The van der Waals surface area contributed by atoms with Gasteiger partial charge in [0.05, 0.1) is 0 Å². The Morgan fingerprint density at radius 1 is 0.821 bits per heavy atom. The first kappa shape index (κ1) is 24.2. The van der Waals surface area contributed by atoms with Crippen LogP contribution in [0.3, 0.4) is 0 Å². The van der Waals surface area contributed by atoms with Gasteiger partial charge in [-0.3, -0.25) is 4.79 Å². The van der Waals surface area contributed by atoms with Crippen LogP contribution in [0.1, 0.15) is 98.3 Å². The Morgan fingerprint density at radius 2 is 1.36 bits per heavy atom. The summed E-state index contributed by atoms with van der Waals surface area (Å²) in [5.74, 6) is -0.713. The molecule has 0 heterocycles. The number of hydrogen-bond donors (Lipinski definition) is 1. The van der Waals surface area contributed by atoms with Gasteiger partial charge in [-0.15, -0.1) is 0 Å². The lowest BCUT2D eigenvalue weighted by molar-refractivity contribution is -0.136. The van der Waals surface area contributed by atoms with E-state index in [4.69, 9.17) is 5.11 Å². The van der Waals surface area contributed by atoms with Crippen molar-refractivity contribution in [3.8, 4) is 0 Å². The van der Waals surface area contributed by atoms with Crippen LogP contribution in [-0.4, -0.2) is 11.1 Å². The van der Waals surface area contributed by atoms with Gasteiger partial charge in [0.1, 0.15) is 0 Å². The fraction of sp³-hybridized carbons (Fsp3) is 0.577. The van der Waals surface area contributed by atoms with E-state index in [-0.39, 0.29) is 6.42 Å². The maximum atomic E-state index is 10.7. The fourth-order valence-electron chi connectivity index (χ4n) is 3.50. The van der Waals surface area contributed by atoms with E-state index >= 15 is 0 Å². The van der Waals surface area contributed by atoms with E-state index in [1.807, 2.05) is 6.92 Å². The highest BCUT2D eigenvalue weighted by Gasteiger charge is 2.06. The Hall–Kier alpha value is -1.83. The highest BCUT2D eigenvalue weighted by molar-refractivity contribution is 5.66. The van der Waals surface area contributed by atoms with Crippen molar-refractivity contribution in [2.24, 2.45) is 0 Å². The predicted octanol–water partition coefficient (Wildman–Crippen LogP) is 8.09. The molecule has 1 aliphatic rings. The lowest BCUT2D eigenvalue weighted by Gasteiger charge is -2.09. The molecule has 0 aromatic heterocycles. The number of carboxylic acid groups (broad SMARTS) is 1. The highest BCUT2D eigenvalue weighted by Crippen LogP contribution is 2.26. The van der Waals surface area contributed by atoms with Gasteiger partial charge in [0.25, 0.3) is 0 Å². The minimum Gasteiger partial charge on any atom is -0.481 e. The fourth-order valence-corrected chi connectivity index (χ4v) is 3.50. The summed E-state index contributed by atoms with van der Waals surface area (Å²) in [6, 6.07) is 0. The molecule has 1 rings (SSSR count). The van der Waals surface area contributed by atoms with Gasteiger partial charge in [0, 0.05) is 6.42 Å². The zero-order valence-corrected chi connectivity index (χ0v) is 18.5. The molecule has 2 heteroatoms. The van der Waals surface area contributed by atoms with E-state index in [1.165, 1.54) is 29.6 Å². The lowest BCUT2D eigenvalue weighted by atomic mass is 9.97. The summed E-state index contributed by atoms with van der Waals surface area (Å²) in [6.07, 6.45) is 22.9. The maximum Gasteiger partial charge on any atom is 0.303 e. The molecule has 0 bridgehead atoms. The van der Waals surface area contributed by atoms with Gasteiger partial charge in [0.15, 0.2) is 0 Å². The lowest BCUT2D eigenvalue weighted by Crippen LogP contribution is -1.94. The molecule has 1 aliphatic carbocycles. The smallest absolute Gasteiger partial charge is 0.303 e. The predicted molar refractivity (Wildman–Crippen MR) is 122 cm³/mol. The van der Waals surface area contributed by atoms with Crippen LogP contribution in [0, 0.1) is 0 Å². The molecule has 1 N–H and O–H groups in total. The normalized spacial score (nSPS) is 15.6. The molecule has 0 saturated carbocycles. The molecule has 0 fully saturated rings. The molecule has 2 nitrogen and oxygen atoms in total. The first-order valence-corrected chi connectivity index (χ1v) is 10.9. The van der Waals surface area contributed by atoms with E-state index in [0.717, 1.165) is 44.9 Å². The van der Waals surface area contributed by atoms with Crippen LogP contribution in [0.2, 0.25) is 0 Å². The number of rotatable bonds is 12. The Labute approximate surface area is 172 Å². The van der Waals surface area contributed by atoms with Crippen molar-refractivity contribution in [1.29, 1.82) is 0 Å². The third kappa shape index (κ3) is 12.5. The summed E-state index contributed by atoms with van der Waals surface area (Å²) in [7, 11) is 0. The molecule has 0 aliphatic heterocycles. The summed E-state index contributed by atoms with van der Waals surface area (Å²) >= 11 is 0. The molecule has 0 atom stereocenters. The largest absolute Gasteiger partial charge is 0.481 e. The van der Waals surface area contributed by atoms with E-state index < -0.39 is 5.97 Å². The highest BCUT2D eigenvalue weighted by atomic mass is 16.4. The van der Waals surface area contributed by atoms with Crippen molar-refractivity contribution in [2.45, 2.75) is 98.3 Å². The summed E-state index contributed by atoms with van der Waals surface area (Å²) in [6.45, 7) is 8.62. The van der Waals surface area contributed by atoms with Crippen molar-refractivity contribution in [3.63, 3.8) is 0 Å². The van der Waals surface area contributed by atoms with Crippen molar-refractivity contribution in [2.75, 3.05) is 0 Å². The molecule has 0 aromatic rings. The average Bonchev–Trinajstić information content (AvgIpc) is 2.85. The van der Waals surface area contributed by atoms with Crippen LogP contribution in [0.25, 0.3) is 0 Å². The Balaban J connectivity index is 2.39. The van der Waals surface area contributed by atoms with E-state index in [9.17, 15) is 4.79 Å². The average molecular weight is 385 g/mol. The number of carboxylic acids is 1. The molecule has 0 radical (unpaired) electrons. The molecule has 28 heavy (non-hydrogen) atoms. The van der Waals surface area contributed by atoms with Crippen LogP contribution in [0.5, 0.6) is 0 Å². The third-order valence-corrected chi connectivity index (χ3v) is 5.23. The molecular weight excluding hydrogens is 344 g/mol. The van der Waals surface area contributed by atoms with Gasteiger partial charge in [0.2, 0.25) is 0 Å². The van der Waals surface area contributed by atoms with Gasteiger partial charge in [-0.1, -0.05) is 58.2 Å². The van der Waals surface area contributed by atoms with Crippen LogP contribution < -0.4 is 0 Å². The first-order chi connectivity index (χ1) is 13.4. The van der Waals surface area contributed by atoms with Gasteiger partial charge in [-0.05, 0) is 91.9 Å². The van der Waals surface area contributed by atoms with E-state index in [1.54, 1.807) is 11.1 Å². The molecule has 0 unspecified atom stereocenters. The molecule has 156 valence electrons. The zero-order valence-electron chi connectivity index (χ0n) is 18.5. The van der Waals surface area contributed by atoms with Crippen LogP contribution in [-0.2, 0) is 4.79 Å². The summed E-state index contributed by atoms with van der Waals surface area (Å²) in [4.78, 5) is 10.7. The van der Waals surface area contributed by atoms with Crippen molar-refractivity contribution in [1.82, 2.24) is 0 Å². The Kier molecular flexibility index (Phi) is 12.3. The van der Waals surface area contributed by atoms with Gasteiger partial charge in [-0.25, -0.2) is 0 Å². The van der Waals surface area contributed by atoms with Crippen molar-refractivity contribution >= 4 is 5.97 Å².